The summed E-state index contributed by atoms with van der Waals surface area (Å²) in [4.78, 5) is 0. The van der Waals surface area contributed by atoms with Gasteiger partial charge >= 0.3 is 0 Å². The maximum atomic E-state index is 9.18. The van der Waals surface area contributed by atoms with E-state index < -0.39 is 0 Å². The zero-order valence-corrected chi connectivity index (χ0v) is 13.0. The van der Waals surface area contributed by atoms with Gasteiger partial charge in [-0.2, -0.15) is 0 Å². The van der Waals surface area contributed by atoms with Crippen LogP contribution >= 0.6 is 12.4 Å². The summed E-state index contributed by atoms with van der Waals surface area (Å²) in [5.41, 5.74) is 0.717. The van der Waals surface area contributed by atoms with E-state index in [4.69, 9.17) is 14.6 Å². The van der Waals surface area contributed by atoms with Crippen LogP contribution in [0.2, 0.25) is 0 Å². The summed E-state index contributed by atoms with van der Waals surface area (Å²) >= 11 is 0. The van der Waals surface area contributed by atoms with Crippen LogP contribution in [0.15, 0.2) is 18.2 Å². The zero-order valence-electron chi connectivity index (χ0n) is 12.2. The molecule has 0 aliphatic carbocycles. The quantitative estimate of drug-likeness (QED) is 0.676. The van der Waals surface area contributed by atoms with Crippen molar-refractivity contribution in [3.05, 3.63) is 23.8 Å². The predicted octanol–water partition coefficient (Wildman–Crippen LogP) is 1.35. The molecule has 3 N–H and O–H groups in total. The highest BCUT2D eigenvalue weighted by molar-refractivity contribution is 5.85. The monoisotopic (exact) mass is 305 g/mol. The normalized spacial score (nSPS) is 10.8. The van der Waals surface area contributed by atoms with Crippen LogP contribution in [-0.4, -0.2) is 42.7 Å². The smallest absolute Gasteiger partial charge is 0.161 e. The van der Waals surface area contributed by atoms with E-state index in [2.05, 4.69) is 5.32 Å². The van der Waals surface area contributed by atoms with Crippen LogP contribution in [0.4, 0.5) is 0 Å². The van der Waals surface area contributed by atoms with Gasteiger partial charge in [-0.05, 0) is 31.5 Å². The van der Waals surface area contributed by atoms with Crippen LogP contribution in [-0.2, 0) is 6.54 Å². The molecule has 116 valence electrons. The largest absolute Gasteiger partial charge is 0.493 e. The van der Waals surface area contributed by atoms with Crippen molar-refractivity contribution >= 4 is 12.4 Å². The standard InChI is InChI=1S/C14H23NO4.ClH/c1-14(2,10-17)15-9-11-4-5-12(19-7-6-16)13(8-11)18-3;/h4-5,8,15-17H,6-7,9-10H2,1-3H3;1H. The molecule has 0 atom stereocenters. The average Bonchev–Trinajstić information content (AvgIpc) is 2.43. The van der Waals surface area contributed by atoms with E-state index in [-0.39, 0.29) is 37.8 Å². The molecule has 0 saturated carbocycles. The van der Waals surface area contributed by atoms with Crippen molar-refractivity contribution in [3.63, 3.8) is 0 Å². The van der Waals surface area contributed by atoms with Crippen LogP contribution in [0.1, 0.15) is 19.4 Å². The fourth-order valence-electron chi connectivity index (χ4n) is 1.49. The summed E-state index contributed by atoms with van der Waals surface area (Å²) in [6, 6.07) is 5.63. The molecule has 1 rings (SSSR count). The van der Waals surface area contributed by atoms with E-state index in [0.717, 1.165) is 5.56 Å². The Hall–Kier alpha value is -1.01. The van der Waals surface area contributed by atoms with Gasteiger partial charge in [0.05, 0.1) is 20.3 Å². The van der Waals surface area contributed by atoms with Gasteiger partial charge in [0.2, 0.25) is 0 Å². The van der Waals surface area contributed by atoms with E-state index in [1.54, 1.807) is 7.11 Å². The van der Waals surface area contributed by atoms with E-state index in [0.29, 0.717) is 18.0 Å². The van der Waals surface area contributed by atoms with Crippen LogP contribution in [0.3, 0.4) is 0 Å². The molecule has 0 spiro atoms. The van der Waals surface area contributed by atoms with Crippen molar-refractivity contribution in [3.8, 4) is 11.5 Å². The molecular formula is C14H24ClNO4. The Balaban J connectivity index is 0.00000361. The van der Waals surface area contributed by atoms with Crippen LogP contribution in [0.25, 0.3) is 0 Å². The Labute approximate surface area is 126 Å². The third-order valence-electron chi connectivity index (χ3n) is 2.74. The van der Waals surface area contributed by atoms with E-state index in [1.807, 2.05) is 32.0 Å². The zero-order chi connectivity index (χ0) is 14.3. The number of hydrogen-bond acceptors (Lipinski definition) is 5. The molecule has 5 nitrogen and oxygen atoms in total. The number of nitrogens with one attached hydrogen (secondary N) is 1. The molecule has 0 saturated heterocycles. The lowest BCUT2D eigenvalue weighted by Crippen LogP contribution is -2.42. The lowest BCUT2D eigenvalue weighted by atomic mass is 10.1. The Bertz CT molecular complexity index is 399. The van der Waals surface area contributed by atoms with Crippen LogP contribution < -0.4 is 14.8 Å². The van der Waals surface area contributed by atoms with Crippen molar-refractivity contribution in [1.29, 1.82) is 0 Å². The molecule has 0 radical (unpaired) electrons. The highest BCUT2D eigenvalue weighted by atomic mass is 35.5. The second-order valence-corrected chi connectivity index (χ2v) is 4.95. The van der Waals surface area contributed by atoms with Crippen molar-refractivity contribution in [2.24, 2.45) is 0 Å². The fraction of sp³-hybridized carbons (Fsp3) is 0.571. The molecular weight excluding hydrogens is 282 g/mol. The van der Waals surface area contributed by atoms with Crippen LogP contribution in [0, 0.1) is 0 Å². The third kappa shape index (κ3) is 5.96. The second-order valence-electron chi connectivity index (χ2n) is 4.95. The molecule has 0 aliphatic heterocycles. The first kappa shape index (κ1) is 19.0. The lowest BCUT2D eigenvalue weighted by Gasteiger charge is -2.23. The summed E-state index contributed by atoms with van der Waals surface area (Å²) < 4.78 is 10.6. The third-order valence-corrected chi connectivity index (χ3v) is 2.74. The van der Waals surface area contributed by atoms with E-state index in [9.17, 15) is 5.11 Å². The first-order chi connectivity index (χ1) is 9.02. The SMILES string of the molecule is COc1cc(CNC(C)(C)CO)ccc1OCCO.Cl. The molecule has 1 aromatic rings. The summed E-state index contributed by atoms with van der Waals surface area (Å²) in [6.07, 6.45) is 0. The molecule has 0 aromatic heterocycles. The number of benzene rings is 1. The minimum atomic E-state index is -0.320. The Morgan fingerprint density at radius 2 is 1.90 bits per heavy atom. The van der Waals surface area contributed by atoms with Gasteiger partial charge in [0.1, 0.15) is 6.61 Å². The predicted molar refractivity (Wildman–Crippen MR) is 80.8 cm³/mol. The fourth-order valence-corrected chi connectivity index (χ4v) is 1.49. The summed E-state index contributed by atoms with van der Waals surface area (Å²) in [7, 11) is 1.58. The number of hydrogen-bond donors (Lipinski definition) is 3. The maximum Gasteiger partial charge on any atom is 0.161 e. The van der Waals surface area contributed by atoms with Crippen LogP contribution in [0.5, 0.6) is 11.5 Å². The molecule has 0 bridgehead atoms. The number of methoxy groups -OCH3 is 1. The molecule has 0 amide bonds. The Morgan fingerprint density at radius 3 is 2.45 bits per heavy atom. The van der Waals surface area contributed by atoms with Gasteiger partial charge < -0.3 is 25.0 Å². The maximum absolute atomic E-state index is 9.18. The number of aliphatic hydroxyl groups excluding tert-OH is 2. The van der Waals surface area contributed by atoms with Gasteiger partial charge in [-0.1, -0.05) is 6.07 Å². The van der Waals surface area contributed by atoms with Gasteiger partial charge in [-0.3, -0.25) is 0 Å². The average molecular weight is 306 g/mol. The van der Waals surface area contributed by atoms with Crippen molar-refractivity contribution in [2.75, 3.05) is 26.9 Å². The van der Waals surface area contributed by atoms with Crippen molar-refractivity contribution in [1.82, 2.24) is 5.32 Å². The topological polar surface area (TPSA) is 71.0 Å². The van der Waals surface area contributed by atoms with Gasteiger partial charge in [-0.25, -0.2) is 0 Å². The summed E-state index contributed by atoms with van der Waals surface area (Å²) in [6.45, 7) is 4.78. The first-order valence-corrected chi connectivity index (χ1v) is 6.29. The molecule has 0 heterocycles. The summed E-state index contributed by atoms with van der Waals surface area (Å²) in [5.74, 6) is 1.25. The minimum Gasteiger partial charge on any atom is -0.493 e. The summed E-state index contributed by atoms with van der Waals surface area (Å²) in [5, 5.41) is 21.2. The highest BCUT2D eigenvalue weighted by Gasteiger charge is 2.15. The molecule has 6 heteroatoms. The minimum absolute atomic E-state index is 0. The number of ether oxygens (including phenoxy) is 2. The number of aliphatic hydroxyl groups is 2. The van der Waals surface area contributed by atoms with Gasteiger partial charge in [-0.15, -0.1) is 12.4 Å². The Kier molecular flexibility index (Phi) is 8.57. The highest BCUT2D eigenvalue weighted by Crippen LogP contribution is 2.28. The van der Waals surface area contributed by atoms with Crippen molar-refractivity contribution < 1.29 is 19.7 Å². The molecule has 20 heavy (non-hydrogen) atoms. The second kappa shape index (κ2) is 9.02. The Morgan fingerprint density at radius 1 is 1.20 bits per heavy atom. The van der Waals surface area contributed by atoms with Crippen molar-refractivity contribution in [2.45, 2.75) is 25.9 Å². The molecule has 0 unspecified atom stereocenters. The molecule has 0 aliphatic rings. The molecule has 0 fully saturated rings. The van der Waals surface area contributed by atoms with Gasteiger partial charge in [0.15, 0.2) is 11.5 Å². The lowest BCUT2D eigenvalue weighted by molar-refractivity contribution is 0.187. The van der Waals surface area contributed by atoms with E-state index >= 15 is 0 Å². The van der Waals surface area contributed by atoms with Gasteiger partial charge in [0.25, 0.3) is 0 Å². The first-order valence-electron chi connectivity index (χ1n) is 6.29. The number of halogens is 1. The number of rotatable bonds is 8. The van der Waals surface area contributed by atoms with E-state index in [1.165, 1.54) is 0 Å². The molecule has 1 aromatic carbocycles. The van der Waals surface area contributed by atoms with Gasteiger partial charge in [0, 0.05) is 12.1 Å².